The lowest BCUT2D eigenvalue weighted by atomic mass is 10.0. The fraction of sp³-hybridized carbons (Fsp3) is 0.276. The van der Waals surface area contributed by atoms with Crippen LogP contribution in [0.3, 0.4) is 0 Å². The predicted molar refractivity (Wildman–Crippen MR) is 164 cm³/mol. The van der Waals surface area contributed by atoms with Gasteiger partial charge in [-0.05, 0) is 50.1 Å². The Morgan fingerprint density at radius 2 is 1.95 bits per heavy atom. The summed E-state index contributed by atoms with van der Waals surface area (Å²) in [6.07, 6.45) is 6.97. The van der Waals surface area contributed by atoms with Crippen LogP contribution in [0.4, 0.5) is 32.3 Å². The number of piperidine rings is 1. The number of ether oxygens (including phenoxy) is 1. The number of nitrogens with two attached hydrogens (primary N) is 1. The molecule has 3 aromatic heterocycles. The minimum Gasteiger partial charge on any atom is -0.496 e. The highest BCUT2D eigenvalue weighted by Crippen LogP contribution is 2.35. The Balaban J connectivity index is 0.00000405. The molecule has 220 valence electrons. The van der Waals surface area contributed by atoms with Crippen LogP contribution in [0.2, 0.25) is 0 Å². The zero-order valence-corrected chi connectivity index (χ0v) is 24.1. The second-order valence-corrected chi connectivity index (χ2v) is 9.56. The van der Waals surface area contributed by atoms with E-state index in [2.05, 4.69) is 40.8 Å². The molecule has 0 unspecified atom stereocenters. The summed E-state index contributed by atoms with van der Waals surface area (Å²) in [6, 6.07) is 11.6. The van der Waals surface area contributed by atoms with Crippen molar-refractivity contribution in [3.63, 3.8) is 0 Å². The van der Waals surface area contributed by atoms with Crippen LogP contribution >= 0.6 is 12.4 Å². The number of amides is 2. The summed E-state index contributed by atoms with van der Waals surface area (Å²) in [7, 11) is 1.47. The largest absolute Gasteiger partial charge is 0.496 e. The molecule has 1 fully saturated rings. The first kappa shape index (κ1) is 30.4. The molecule has 11 nitrogen and oxygen atoms in total. The van der Waals surface area contributed by atoms with Gasteiger partial charge in [0, 0.05) is 67.1 Å². The van der Waals surface area contributed by atoms with Crippen molar-refractivity contribution in [2.75, 3.05) is 42.3 Å². The number of carbonyl (C=O) groups excluding carboxylic acids is 1. The molecule has 1 atom stereocenters. The summed E-state index contributed by atoms with van der Waals surface area (Å²) < 4.78 is 20.0. The highest BCUT2D eigenvalue weighted by Gasteiger charge is 2.22. The standard InChI is InChI=1S/C29H32FN9O2.ClH/c1-3-32-29(40)38-24-10-9-18(15-34-24)20-16-35-26(14-22(20)39-13-5-6-19(31)17-39)36-25-11-12-33-28(37-25)27-21(30)7-4-8-23(27)41-2;/h4,7-12,14-16,19H,3,5-6,13,17,31H2,1-2H3,(H2,32,34,38,40)(H,33,35,36,37);1H/t19-;/m0./s1. The Morgan fingerprint density at radius 1 is 1.12 bits per heavy atom. The summed E-state index contributed by atoms with van der Waals surface area (Å²) in [5, 5.41) is 8.63. The van der Waals surface area contributed by atoms with E-state index in [4.69, 9.17) is 10.5 Å². The van der Waals surface area contributed by atoms with Crippen LogP contribution < -0.4 is 31.3 Å². The number of methoxy groups -OCH3 is 1. The van der Waals surface area contributed by atoms with Crippen LogP contribution in [0.5, 0.6) is 5.75 Å². The molecule has 2 amide bonds. The second-order valence-electron chi connectivity index (χ2n) is 9.56. The van der Waals surface area contributed by atoms with Gasteiger partial charge in [0.05, 0.1) is 12.7 Å². The van der Waals surface area contributed by atoms with E-state index < -0.39 is 5.82 Å². The molecule has 13 heteroatoms. The maximum atomic E-state index is 14.7. The molecule has 42 heavy (non-hydrogen) atoms. The number of rotatable bonds is 8. The monoisotopic (exact) mass is 593 g/mol. The number of urea groups is 1. The molecular formula is C29H33ClFN9O2. The average Bonchev–Trinajstić information content (AvgIpc) is 2.98. The van der Waals surface area contributed by atoms with E-state index in [0.29, 0.717) is 36.3 Å². The van der Waals surface area contributed by atoms with Crippen molar-refractivity contribution in [3.8, 4) is 28.3 Å². The summed E-state index contributed by atoms with van der Waals surface area (Å²) in [4.78, 5) is 31.9. The Bertz CT molecular complexity index is 1520. The number of benzene rings is 1. The molecule has 0 bridgehead atoms. The molecule has 0 spiro atoms. The number of halogens is 2. The Labute approximate surface area is 249 Å². The van der Waals surface area contributed by atoms with Gasteiger partial charge in [0.15, 0.2) is 5.82 Å². The molecule has 0 radical (unpaired) electrons. The van der Waals surface area contributed by atoms with E-state index in [-0.39, 0.29) is 35.9 Å². The lowest BCUT2D eigenvalue weighted by Crippen LogP contribution is -2.43. The molecule has 1 aliphatic rings. The number of carbonyl (C=O) groups is 1. The first-order valence-electron chi connectivity index (χ1n) is 13.4. The van der Waals surface area contributed by atoms with Crippen molar-refractivity contribution in [3.05, 3.63) is 66.9 Å². The Kier molecular flexibility index (Phi) is 10.0. The van der Waals surface area contributed by atoms with Crippen molar-refractivity contribution in [1.82, 2.24) is 25.3 Å². The fourth-order valence-electron chi connectivity index (χ4n) is 4.75. The normalized spacial score (nSPS) is 14.5. The number of nitrogens with zero attached hydrogens (tertiary/aromatic N) is 5. The first-order chi connectivity index (χ1) is 19.9. The molecular weight excluding hydrogens is 561 g/mol. The molecule has 1 saturated heterocycles. The van der Waals surface area contributed by atoms with Gasteiger partial charge in [0.1, 0.15) is 29.0 Å². The highest BCUT2D eigenvalue weighted by molar-refractivity contribution is 5.88. The van der Waals surface area contributed by atoms with Crippen LogP contribution in [0.25, 0.3) is 22.5 Å². The number of nitrogens with one attached hydrogen (secondary N) is 3. The zero-order valence-electron chi connectivity index (χ0n) is 23.3. The minimum absolute atomic E-state index is 0. The summed E-state index contributed by atoms with van der Waals surface area (Å²) in [5.41, 5.74) is 9.16. The summed E-state index contributed by atoms with van der Waals surface area (Å²) in [5.74, 6) is 1.50. The van der Waals surface area contributed by atoms with Crippen molar-refractivity contribution in [2.24, 2.45) is 5.73 Å². The lowest BCUT2D eigenvalue weighted by molar-refractivity contribution is 0.252. The quantitative estimate of drug-likeness (QED) is 0.222. The molecule has 0 saturated carbocycles. The third kappa shape index (κ3) is 7.01. The van der Waals surface area contributed by atoms with Gasteiger partial charge in [0.25, 0.3) is 0 Å². The SMILES string of the molecule is CCNC(=O)Nc1ccc(-c2cnc(Nc3ccnc(-c4c(F)cccc4OC)n3)cc2N2CCC[C@H](N)C2)cn1.Cl. The first-order valence-corrected chi connectivity index (χ1v) is 13.4. The van der Waals surface area contributed by atoms with E-state index in [9.17, 15) is 9.18 Å². The Morgan fingerprint density at radius 3 is 2.69 bits per heavy atom. The Hall–Kier alpha value is -4.55. The van der Waals surface area contributed by atoms with Crippen molar-refractivity contribution < 1.29 is 13.9 Å². The van der Waals surface area contributed by atoms with Crippen molar-refractivity contribution in [2.45, 2.75) is 25.8 Å². The topological polar surface area (TPSA) is 143 Å². The average molecular weight is 594 g/mol. The van der Waals surface area contributed by atoms with E-state index >= 15 is 0 Å². The number of hydrogen-bond donors (Lipinski definition) is 4. The van der Waals surface area contributed by atoms with E-state index in [1.165, 1.54) is 13.2 Å². The second kappa shape index (κ2) is 13.9. The van der Waals surface area contributed by atoms with Crippen LogP contribution in [-0.2, 0) is 0 Å². The predicted octanol–water partition coefficient (Wildman–Crippen LogP) is 4.98. The number of anilines is 4. The maximum Gasteiger partial charge on any atom is 0.320 e. The van der Waals surface area contributed by atoms with Gasteiger partial charge < -0.3 is 26.0 Å². The summed E-state index contributed by atoms with van der Waals surface area (Å²) in [6.45, 7) is 3.91. The third-order valence-electron chi connectivity index (χ3n) is 6.66. The summed E-state index contributed by atoms with van der Waals surface area (Å²) >= 11 is 0. The molecule has 4 heterocycles. The van der Waals surface area contributed by atoms with E-state index in [1.807, 2.05) is 19.1 Å². The van der Waals surface area contributed by atoms with Gasteiger partial charge in [-0.25, -0.2) is 29.1 Å². The lowest BCUT2D eigenvalue weighted by Gasteiger charge is -2.34. The van der Waals surface area contributed by atoms with Crippen molar-refractivity contribution in [1.29, 1.82) is 0 Å². The highest BCUT2D eigenvalue weighted by atomic mass is 35.5. The van der Waals surface area contributed by atoms with Gasteiger partial charge in [-0.3, -0.25) is 5.32 Å². The van der Waals surface area contributed by atoms with E-state index in [1.54, 1.807) is 42.9 Å². The molecule has 0 aliphatic carbocycles. The number of pyridine rings is 2. The van der Waals surface area contributed by atoms with Gasteiger partial charge in [-0.2, -0.15) is 0 Å². The van der Waals surface area contributed by atoms with Crippen LogP contribution in [0.15, 0.2) is 61.1 Å². The van der Waals surface area contributed by atoms with Gasteiger partial charge >= 0.3 is 6.03 Å². The fourth-order valence-corrected chi connectivity index (χ4v) is 4.75. The molecule has 1 aliphatic heterocycles. The zero-order chi connectivity index (χ0) is 28.8. The van der Waals surface area contributed by atoms with Crippen LogP contribution in [0.1, 0.15) is 19.8 Å². The van der Waals surface area contributed by atoms with Crippen LogP contribution in [-0.4, -0.2) is 58.8 Å². The minimum atomic E-state index is -0.478. The molecule has 5 rings (SSSR count). The molecule has 5 N–H and O–H groups in total. The van der Waals surface area contributed by atoms with E-state index in [0.717, 1.165) is 36.2 Å². The molecule has 4 aromatic rings. The van der Waals surface area contributed by atoms with Crippen molar-refractivity contribution >= 4 is 41.6 Å². The van der Waals surface area contributed by atoms with Gasteiger partial charge in [-0.1, -0.05) is 6.07 Å². The molecule has 1 aromatic carbocycles. The number of hydrogen-bond acceptors (Lipinski definition) is 9. The smallest absolute Gasteiger partial charge is 0.320 e. The third-order valence-corrected chi connectivity index (χ3v) is 6.66. The van der Waals surface area contributed by atoms with Crippen LogP contribution in [0, 0.1) is 5.82 Å². The van der Waals surface area contributed by atoms with Gasteiger partial charge in [-0.15, -0.1) is 12.4 Å². The number of aromatic nitrogens is 4. The maximum absolute atomic E-state index is 14.7. The van der Waals surface area contributed by atoms with Gasteiger partial charge in [0.2, 0.25) is 0 Å².